The molecule has 0 atom stereocenters. The Bertz CT molecular complexity index is 481. The second-order valence-electron chi connectivity index (χ2n) is 3.83. The number of halogens is 1. The lowest BCUT2D eigenvalue weighted by atomic mass is 10.2. The third kappa shape index (κ3) is 3.69. The minimum atomic E-state index is 0.784. The molecule has 0 amide bonds. The van der Waals surface area contributed by atoms with Crippen molar-refractivity contribution in [2.24, 2.45) is 0 Å². The first kappa shape index (κ1) is 12.3. The smallest absolute Gasteiger partial charge is 0.126 e. The summed E-state index contributed by atoms with van der Waals surface area (Å²) in [5, 5.41) is 7.55. The largest absolute Gasteiger partial charge is 0.370 e. The van der Waals surface area contributed by atoms with Gasteiger partial charge in [0.25, 0.3) is 0 Å². The molecular weight excluding hydrogens is 327 g/mol. The van der Waals surface area contributed by atoms with Crippen LogP contribution in [0.3, 0.4) is 0 Å². The summed E-state index contributed by atoms with van der Waals surface area (Å²) in [7, 11) is 0. The Hall–Kier alpha value is -1.11. The first-order valence-electron chi connectivity index (χ1n) is 5.64. The molecule has 17 heavy (non-hydrogen) atoms. The first-order valence-corrected chi connectivity index (χ1v) is 6.72. The molecule has 0 aliphatic carbocycles. The van der Waals surface area contributed by atoms with Crippen molar-refractivity contribution < 1.29 is 0 Å². The zero-order valence-corrected chi connectivity index (χ0v) is 11.9. The van der Waals surface area contributed by atoms with E-state index in [1.54, 1.807) is 0 Å². The van der Waals surface area contributed by atoms with Crippen LogP contribution in [0.1, 0.15) is 18.9 Å². The van der Waals surface area contributed by atoms with E-state index in [1.165, 1.54) is 5.56 Å². The number of nitrogens with zero attached hydrogens (tertiary/aromatic N) is 3. The average Bonchev–Trinajstić information content (AvgIpc) is 2.73. The molecule has 0 aliphatic heterocycles. The van der Waals surface area contributed by atoms with Gasteiger partial charge in [0.1, 0.15) is 5.82 Å². The summed E-state index contributed by atoms with van der Waals surface area (Å²) in [6.07, 6.45) is 6.82. The summed E-state index contributed by atoms with van der Waals surface area (Å²) in [4.78, 5) is 4.28. The Kier molecular flexibility index (Phi) is 4.36. The summed E-state index contributed by atoms with van der Waals surface area (Å²) < 4.78 is 3.08. The van der Waals surface area contributed by atoms with Crippen LogP contribution in [-0.2, 0) is 6.54 Å². The van der Waals surface area contributed by atoms with Crippen LogP contribution in [-0.4, -0.2) is 21.3 Å². The minimum absolute atomic E-state index is 0.784. The van der Waals surface area contributed by atoms with E-state index in [9.17, 15) is 0 Å². The zero-order valence-electron chi connectivity index (χ0n) is 9.73. The minimum Gasteiger partial charge on any atom is -0.370 e. The fraction of sp³-hybridized carbons (Fsp3) is 0.333. The van der Waals surface area contributed by atoms with Crippen LogP contribution in [0.15, 0.2) is 30.7 Å². The molecular formula is C12H15IN4. The molecule has 2 heterocycles. The third-order valence-corrected chi connectivity index (χ3v) is 2.88. The maximum absolute atomic E-state index is 4.28. The molecule has 5 heteroatoms. The molecule has 2 rings (SSSR count). The van der Waals surface area contributed by atoms with Crippen molar-refractivity contribution in [3.8, 4) is 0 Å². The molecule has 0 fully saturated rings. The SMILES string of the molecule is CCCNc1cc(Cn2cc(I)cn2)ccn1. The van der Waals surface area contributed by atoms with Gasteiger partial charge in [-0.1, -0.05) is 6.92 Å². The van der Waals surface area contributed by atoms with Gasteiger partial charge < -0.3 is 5.32 Å². The highest BCUT2D eigenvalue weighted by Crippen LogP contribution is 2.09. The van der Waals surface area contributed by atoms with E-state index < -0.39 is 0 Å². The van der Waals surface area contributed by atoms with Crippen molar-refractivity contribution in [3.63, 3.8) is 0 Å². The zero-order chi connectivity index (χ0) is 12.1. The van der Waals surface area contributed by atoms with Gasteiger partial charge in [0.15, 0.2) is 0 Å². The molecule has 2 aromatic rings. The molecule has 0 radical (unpaired) electrons. The van der Waals surface area contributed by atoms with Gasteiger partial charge in [-0.15, -0.1) is 0 Å². The predicted molar refractivity (Wildman–Crippen MR) is 77.1 cm³/mol. The van der Waals surface area contributed by atoms with E-state index in [4.69, 9.17) is 0 Å². The van der Waals surface area contributed by atoms with Gasteiger partial charge in [-0.05, 0) is 46.7 Å². The fourth-order valence-electron chi connectivity index (χ4n) is 1.53. The number of hydrogen-bond acceptors (Lipinski definition) is 3. The number of nitrogens with one attached hydrogen (secondary N) is 1. The van der Waals surface area contributed by atoms with Crippen molar-refractivity contribution in [2.75, 3.05) is 11.9 Å². The highest BCUT2D eigenvalue weighted by atomic mass is 127. The summed E-state index contributed by atoms with van der Waals surface area (Å²) in [6.45, 7) is 3.88. The lowest BCUT2D eigenvalue weighted by molar-refractivity contribution is 0.686. The fourth-order valence-corrected chi connectivity index (χ4v) is 1.98. The van der Waals surface area contributed by atoms with Crippen LogP contribution in [0, 0.1) is 3.57 Å². The van der Waals surface area contributed by atoms with E-state index in [0.29, 0.717) is 0 Å². The van der Waals surface area contributed by atoms with Crippen LogP contribution < -0.4 is 5.32 Å². The predicted octanol–water partition coefficient (Wildman–Crippen LogP) is 2.75. The standard InChI is InChI=1S/C12H15IN4/c1-2-4-14-12-6-10(3-5-15-12)8-17-9-11(13)7-16-17/h3,5-7,9H,2,4,8H2,1H3,(H,14,15). The Morgan fingerprint density at radius 3 is 3.06 bits per heavy atom. The van der Waals surface area contributed by atoms with Crippen molar-refractivity contribution in [3.05, 3.63) is 39.9 Å². The molecule has 0 bridgehead atoms. The lowest BCUT2D eigenvalue weighted by Gasteiger charge is -2.06. The number of pyridine rings is 1. The number of rotatable bonds is 5. The molecule has 1 N–H and O–H groups in total. The van der Waals surface area contributed by atoms with Crippen LogP contribution in [0.25, 0.3) is 0 Å². The van der Waals surface area contributed by atoms with E-state index in [1.807, 2.05) is 29.3 Å². The van der Waals surface area contributed by atoms with Gasteiger partial charge in [0.2, 0.25) is 0 Å². The Morgan fingerprint density at radius 2 is 2.35 bits per heavy atom. The average molecular weight is 342 g/mol. The van der Waals surface area contributed by atoms with Crippen LogP contribution in [0.2, 0.25) is 0 Å². The van der Waals surface area contributed by atoms with E-state index in [0.717, 1.165) is 28.9 Å². The number of anilines is 1. The van der Waals surface area contributed by atoms with E-state index in [-0.39, 0.29) is 0 Å². The Labute approximate surface area is 115 Å². The molecule has 0 saturated heterocycles. The van der Waals surface area contributed by atoms with Gasteiger partial charge in [-0.3, -0.25) is 4.68 Å². The molecule has 0 unspecified atom stereocenters. The highest BCUT2D eigenvalue weighted by molar-refractivity contribution is 14.1. The van der Waals surface area contributed by atoms with Gasteiger partial charge in [0, 0.05) is 18.9 Å². The van der Waals surface area contributed by atoms with Gasteiger partial charge in [-0.25, -0.2) is 4.98 Å². The van der Waals surface area contributed by atoms with E-state index in [2.05, 4.69) is 51.0 Å². The second kappa shape index (κ2) is 6.00. The van der Waals surface area contributed by atoms with Gasteiger partial charge in [-0.2, -0.15) is 5.10 Å². The molecule has 0 aliphatic rings. The summed E-state index contributed by atoms with van der Waals surface area (Å²) >= 11 is 2.26. The van der Waals surface area contributed by atoms with E-state index >= 15 is 0 Å². The quantitative estimate of drug-likeness (QED) is 0.850. The summed E-state index contributed by atoms with van der Waals surface area (Å²) in [5.41, 5.74) is 1.21. The van der Waals surface area contributed by atoms with Crippen LogP contribution in [0.4, 0.5) is 5.82 Å². The van der Waals surface area contributed by atoms with Gasteiger partial charge >= 0.3 is 0 Å². The van der Waals surface area contributed by atoms with Crippen LogP contribution >= 0.6 is 22.6 Å². The number of aromatic nitrogens is 3. The molecule has 0 aromatic carbocycles. The second-order valence-corrected chi connectivity index (χ2v) is 5.08. The number of hydrogen-bond donors (Lipinski definition) is 1. The highest BCUT2D eigenvalue weighted by Gasteiger charge is 1.99. The molecule has 0 spiro atoms. The third-order valence-electron chi connectivity index (χ3n) is 2.33. The maximum Gasteiger partial charge on any atom is 0.126 e. The first-order chi connectivity index (χ1) is 8.28. The topological polar surface area (TPSA) is 42.7 Å². The summed E-state index contributed by atoms with van der Waals surface area (Å²) in [6, 6.07) is 4.09. The normalized spacial score (nSPS) is 10.5. The van der Waals surface area contributed by atoms with Crippen molar-refractivity contribution >= 4 is 28.4 Å². The van der Waals surface area contributed by atoms with Crippen LogP contribution in [0.5, 0.6) is 0 Å². The summed E-state index contributed by atoms with van der Waals surface area (Å²) in [5.74, 6) is 0.936. The molecule has 0 saturated carbocycles. The monoisotopic (exact) mass is 342 g/mol. The Morgan fingerprint density at radius 1 is 1.47 bits per heavy atom. The van der Waals surface area contributed by atoms with Crippen molar-refractivity contribution in [1.82, 2.24) is 14.8 Å². The van der Waals surface area contributed by atoms with Gasteiger partial charge in [0.05, 0.1) is 16.3 Å². The Balaban J connectivity index is 2.05. The molecule has 90 valence electrons. The molecule has 2 aromatic heterocycles. The maximum atomic E-state index is 4.28. The lowest BCUT2D eigenvalue weighted by Crippen LogP contribution is -2.04. The van der Waals surface area contributed by atoms with Crippen molar-refractivity contribution in [2.45, 2.75) is 19.9 Å². The molecule has 4 nitrogen and oxygen atoms in total. The van der Waals surface area contributed by atoms with Crippen molar-refractivity contribution in [1.29, 1.82) is 0 Å².